The third kappa shape index (κ3) is 1.48. The molecule has 58 valence electrons. The zero-order chi connectivity index (χ0) is 8.27. The molecule has 0 heterocycles. The normalized spacial score (nSPS) is 9.64. The number of benzene rings is 1. The minimum absolute atomic E-state index is 0.181. The van der Waals surface area contributed by atoms with Crippen LogP contribution in [0.1, 0.15) is 18.1 Å². The highest BCUT2D eigenvalue weighted by Crippen LogP contribution is 2.14. The summed E-state index contributed by atoms with van der Waals surface area (Å²) in [5.41, 5.74) is 1.65. The first-order chi connectivity index (χ1) is 5.29. The van der Waals surface area contributed by atoms with E-state index in [0.717, 1.165) is 12.0 Å². The van der Waals surface area contributed by atoms with Gasteiger partial charge in [-0.3, -0.25) is 0 Å². The number of halogens is 1. The standard InChI is InChI=1S/C10H11F/c1-3-8-6-5-7-10(11)9(8)4-2/h4-7H,2-3H2,1H3. The summed E-state index contributed by atoms with van der Waals surface area (Å²) in [5, 5.41) is 0. The van der Waals surface area contributed by atoms with Gasteiger partial charge in [-0.25, -0.2) is 4.39 Å². The maximum Gasteiger partial charge on any atom is 0.130 e. The van der Waals surface area contributed by atoms with Gasteiger partial charge >= 0.3 is 0 Å². The van der Waals surface area contributed by atoms with Crippen molar-refractivity contribution in [1.29, 1.82) is 0 Å². The van der Waals surface area contributed by atoms with Crippen LogP contribution in [0.25, 0.3) is 6.08 Å². The fraction of sp³-hybridized carbons (Fsp3) is 0.200. The maximum absolute atomic E-state index is 13.0. The molecule has 11 heavy (non-hydrogen) atoms. The topological polar surface area (TPSA) is 0 Å². The Morgan fingerprint density at radius 2 is 2.27 bits per heavy atom. The molecule has 1 aromatic rings. The maximum atomic E-state index is 13.0. The molecule has 1 heteroatoms. The first kappa shape index (κ1) is 7.99. The summed E-state index contributed by atoms with van der Waals surface area (Å²) in [6, 6.07) is 5.09. The van der Waals surface area contributed by atoms with Gasteiger partial charge in [0.1, 0.15) is 5.82 Å². The average Bonchev–Trinajstić information content (AvgIpc) is 2.04. The van der Waals surface area contributed by atoms with Crippen LogP contribution in [0.5, 0.6) is 0 Å². The Morgan fingerprint density at radius 3 is 2.73 bits per heavy atom. The number of rotatable bonds is 2. The quantitative estimate of drug-likeness (QED) is 0.607. The molecule has 0 aliphatic carbocycles. The predicted octanol–water partition coefficient (Wildman–Crippen LogP) is 3.03. The van der Waals surface area contributed by atoms with Gasteiger partial charge < -0.3 is 0 Å². The fourth-order valence-corrected chi connectivity index (χ4v) is 1.12. The second-order valence-electron chi connectivity index (χ2n) is 2.37. The summed E-state index contributed by atoms with van der Waals surface area (Å²) in [4.78, 5) is 0. The van der Waals surface area contributed by atoms with Crippen LogP contribution in [0.3, 0.4) is 0 Å². The van der Waals surface area contributed by atoms with E-state index >= 15 is 0 Å². The highest BCUT2D eigenvalue weighted by atomic mass is 19.1. The van der Waals surface area contributed by atoms with Gasteiger partial charge in [-0.05, 0) is 18.1 Å². The fourth-order valence-electron chi connectivity index (χ4n) is 1.12. The molecule has 0 bridgehead atoms. The zero-order valence-electron chi connectivity index (χ0n) is 6.60. The van der Waals surface area contributed by atoms with E-state index in [1.807, 2.05) is 13.0 Å². The van der Waals surface area contributed by atoms with Crippen molar-refractivity contribution in [3.8, 4) is 0 Å². The van der Waals surface area contributed by atoms with Gasteiger partial charge in [0.25, 0.3) is 0 Å². The third-order valence-electron chi connectivity index (χ3n) is 1.73. The monoisotopic (exact) mass is 150 g/mol. The Bertz CT molecular complexity index is 264. The van der Waals surface area contributed by atoms with E-state index in [2.05, 4.69) is 6.58 Å². The Hall–Kier alpha value is -1.11. The largest absolute Gasteiger partial charge is 0.206 e. The van der Waals surface area contributed by atoms with Crippen LogP contribution >= 0.6 is 0 Å². The third-order valence-corrected chi connectivity index (χ3v) is 1.73. The van der Waals surface area contributed by atoms with Crippen molar-refractivity contribution in [2.24, 2.45) is 0 Å². The van der Waals surface area contributed by atoms with Gasteiger partial charge in [-0.15, -0.1) is 0 Å². The van der Waals surface area contributed by atoms with E-state index < -0.39 is 0 Å². The van der Waals surface area contributed by atoms with Gasteiger partial charge in [0.05, 0.1) is 0 Å². The molecule has 0 saturated heterocycles. The number of aryl methyl sites for hydroxylation is 1. The zero-order valence-corrected chi connectivity index (χ0v) is 6.60. The van der Waals surface area contributed by atoms with Crippen LogP contribution in [0.15, 0.2) is 24.8 Å². The Kier molecular flexibility index (Phi) is 2.42. The first-order valence-electron chi connectivity index (χ1n) is 3.69. The van der Waals surface area contributed by atoms with Gasteiger partial charge in [0.15, 0.2) is 0 Å². The summed E-state index contributed by atoms with van der Waals surface area (Å²) < 4.78 is 13.0. The summed E-state index contributed by atoms with van der Waals surface area (Å²) in [6.07, 6.45) is 2.41. The molecule has 0 atom stereocenters. The molecule has 1 aromatic carbocycles. The van der Waals surface area contributed by atoms with E-state index in [1.165, 1.54) is 6.07 Å². The molecule has 0 spiro atoms. The van der Waals surface area contributed by atoms with Gasteiger partial charge in [0.2, 0.25) is 0 Å². The molecule has 0 nitrogen and oxygen atoms in total. The lowest BCUT2D eigenvalue weighted by molar-refractivity contribution is 0.623. The van der Waals surface area contributed by atoms with Crippen LogP contribution in [-0.4, -0.2) is 0 Å². The molecule has 0 fully saturated rings. The lowest BCUT2D eigenvalue weighted by Crippen LogP contribution is -1.89. The molecule has 0 aliphatic rings. The Balaban J connectivity index is 3.24. The van der Waals surface area contributed by atoms with Crippen molar-refractivity contribution in [3.63, 3.8) is 0 Å². The summed E-state index contributed by atoms with van der Waals surface area (Å²) in [6.45, 7) is 5.56. The Labute approximate surface area is 66.4 Å². The summed E-state index contributed by atoms with van der Waals surface area (Å²) in [5.74, 6) is -0.181. The molecule has 0 N–H and O–H groups in total. The van der Waals surface area contributed by atoms with Crippen molar-refractivity contribution < 1.29 is 4.39 Å². The molecule has 0 unspecified atom stereocenters. The minimum Gasteiger partial charge on any atom is -0.206 e. The van der Waals surface area contributed by atoms with Crippen molar-refractivity contribution in [2.75, 3.05) is 0 Å². The van der Waals surface area contributed by atoms with Crippen LogP contribution in [0, 0.1) is 5.82 Å². The lowest BCUT2D eigenvalue weighted by Gasteiger charge is -2.02. The second-order valence-corrected chi connectivity index (χ2v) is 2.37. The van der Waals surface area contributed by atoms with Crippen LogP contribution in [0.4, 0.5) is 4.39 Å². The van der Waals surface area contributed by atoms with E-state index in [1.54, 1.807) is 12.1 Å². The van der Waals surface area contributed by atoms with Gasteiger partial charge in [-0.1, -0.05) is 31.7 Å². The SMILES string of the molecule is C=Cc1c(F)cccc1CC. The van der Waals surface area contributed by atoms with Crippen molar-refractivity contribution in [3.05, 3.63) is 41.7 Å². The van der Waals surface area contributed by atoms with E-state index in [4.69, 9.17) is 0 Å². The molecule has 0 amide bonds. The summed E-state index contributed by atoms with van der Waals surface area (Å²) in [7, 11) is 0. The molecular formula is C10H11F. The second kappa shape index (κ2) is 3.33. The molecule has 0 saturated carbocycles. The van der Waals surface area contributed by atoms with Crippen LogP contribution < -0.4 is 0 Å². The first-order valence-corrected chi connectivity index (χ1v) is 3.69. The smallest absolute Gasteiger partial charge is 0.130 e. The van der Waals surface area contributed by atoms with Crippen LogP contribution in [-0.2, 0) is 6.42 Å². The number of hydrogen-bond acceptors (Lipinski definition) is 0. The molecule has 0 aliphatic heterocycles. The molecular weight excluding hydrogens is 139 g/mol. The minimum atomic E-state index is -0.181. The van der Waals surface area contributed by atoms with Gasteiger partial charge in [-0.2, -0.15) is 0 Å². The lowest BCUT2D eigenvalue weighted by atomic mass is 10.1. The number of hydrogen-bond donors (Lipinski definition) is 0. The van der Waals surface area contributed by atoms with Gasteiger partial charge in [0, 0.05) is 5.56 Å². The molecule has 0 aromatic heterocycles. The molecule has 0 radical (unpaired) electrons. The Morgan fingerprint density at radius 1 is 1.55 bits per heavy atom. The van der Waals surface area contributed by atoms with E-state index in [-0.39, 0.29) is 5.82 Å². The van der Waals surface area contributed by atoms with Crippen molar-refractivity contribution in [2.45, 2.75) is 13.3 Å². The van der Waals surface area contributed by atoms with E-state index in [9.17, 15) is 4.39 Å². The average molecular weight is 150 g/mol. The van der Waals surface area contributed by atoms with Crippen LogP contribution in [0.2, 0.25) is 0 Å². The van der Waals surface area contributed by atoms with Crippen molar-refractivity contribution in [1.82, 2.24) is 0 Å². The van der Waals surface area contributed by atoms with Crippen molar-refractivity contribution >= 4 is 6.08 Å². The highest BCUT2D eigenvalue weighted by molar-refractivity contribution is 5.52. The molecule has 1 rings (SSSR count). The highest BCUT2D eigenvalue weighted by Gasteiger charge is 2.01. The van der Waals surface area contributed by atoms with E-state index in [0.29, 0.717) is 5.56 Å². The summed E-state index contributed by atoms with van der Waals surface area (Å²) >= 11 is 0. The predicted molar refractivity (Wildman–Crippen MR) is 45.9 cm³/mol.